The van der Waals surface area contributed by atoms with Gasteiger partial charge in [-0.3, -0.25) is 39.2 Å². The summed E-state index contributed by atoms with van der Waals surface area (Å²) in [7, 11) is 0. The Hall–Kier alpha value is -0.720. The van der Waals surface area contributed by atoms with Crippen molar-refractivity contribution >= 4 is 0 Å². The Balaban J connectivity index is 0.000000939. The van der Waals surface area contributed by atoms with Crippen molar-refractivity contribution in [3.63, 3.8) is 0 Å². The molecule has 0 aromatic rings. The molecule has 0 spiro atoms. The Morgan fingerprint density at radius 2 is 0.595 bits per heavy atom. The van der Waals surface area contributed by atoms with Crippen LogP contribution in [0.15, 0.2) is 0 Å². The topological polar surface area (TPSA) is 106 Å². The zero-order valence-electron chi connectivity index (χ0n) is 130. The third kappa shape index (κ3) is 65.2. The molecule has 18 heteroatoms. The Morgan fingerprint density at radius 1 is 0.298 bits per heavy atom. The fourth-order valence-corrected chi connectivity index (χ4v) is 17.7. The second-order valence-corrected chi connectivity index (χ2v) is 52.6. The zero-order chi connectivity index (χ0) is 134. The highest BCUT2D eigenvalue weighted by Gasteiger charge is 2.43. The van der Waals surface area contributed by atoms with Crippen molar-refractivity contribution in [2.75, 3.05) is 190 Å². The molecule has 15 unspecified atom stereocenters. The summed E-state index contributed by atoms with van der Waals surface area (Å²) in [5.74, 6) is 0. The summed E-state index contributed by atoms with van der Waals surface area (Å²) in [5.41, 5.74) is -3.66. The summed E-state index contributed by atoms with van der Waals surface area (Å²) < 4.78 is 329. The predicted molar refractivity (Wildman–Crippen MR) is 570 cm³/mol. The highest BCUT2D eigenvalue weighted by atomic mass is 16.5. The summed E-state index contributed by atoms with van der Waals surface area (Å²) in [6, 6.07) is -0.213. The first-order valence-corrected chi connectivity index (χ1v) is 49.7. The maximum absolute atomic E-state index is 8.14. The normalized spacial score (nSPS) is 39.3. The quantitative estimate of drug-likeness (QED) is 0.207. The number of likely N-dealkylation sites (tertiary alicyclic amines) is 2. The molecule has 786 valence electrons. The molecule has 0 aromatic heterocycles. The molecule has 0 radical (unpaired) electrons. The van der Waals surface area contributed by atoms with Crippen molar-refractivity contribution in [3.8, 4) is 0 Å². The summed E-state index contributed by atoms with van der Waals surface area (Å²) in [6.07, 6.45) is 3.14. The standard InChI is InChI=1S/4C13H27NO.2C11H23NO.C10H21NO.2C10H21N.C9H19NO/c2*1-11(2,3)8-14-9-12(4,5)15-13(6,7)10-14;2*1-9-11(3)15-12(4)10(2)14(9)8-13(5,6)7;2*1-9-6-12(7-10(2)13-9)8-11(3,4)5;1-9-7-11(5-6-12-9)8-10(2,3)4;2*1-10(2,3)9-11-7-5-4-6-8-11;1-9(2,3)8-10-4-6-11-7-5-10/h2*8-10H2,1-7H3;2*9-12H,8H2,1-7H3;2*9-10H,6-8H2,1-5H3;9H,5-8H2,1-4H3;2*4-9H2,1-3H3;4-8H2,1-3H3/i4D3,6D3;;1D3,4D3;;1D3,2D3;;5D2,6D2,7D2,8D2,9D;9D2;;4D2,5D2,6D2,7D2. The van der Waals surface area contributed by atoms with Crippen LogP contribution in [0, 0.1) is 54.1 Å². The molecular formula is C113H236N10O8. The van der Waals surface area contributed by atoms with E-state index in [-0.39, 0.29) is 70.5 Å². The second kappa shape index (κ2) is 55.8. The number of morpholine rings is 8. The van der Waals surface area contributed by atoms with Gasteiger partial charge in [-0.15, -0.1) is 0 Å². The summed E-state index contributed by atoms with van der Waals surface area (Å²) in [4.78, 5) is 18.6. The van der Waals surface area contributed by atoms with Crippen LogP contribution < -0.4 is 0 Å². The Kier molecular flexibility index (Phi) is 33.1. The fraction of sp³-hybridized carbons (Fsp3) is 1.00. The molecule has 10 fully saturated rings. The van der Waals surface area contributed by atoms with Crippen LogP contribution in [0.1, 0.15) is 442 Å². The predicted octanol–water partition coefficient (Wildman–Crippen LogP) is 24.1. The average Bonchev–Trinajstić information content (AvgIpc) is 0.687. The van der Waals surface area contributed by atoms with E-state index < -0.39 is 164 Å². The SMILES string of the molecule is CC(C)(C)CN1CC(C)(C)OC(C)(C)C1.CC(C)(C)CN1CCCCC1.CC1CN(CC(C)(C)C)CC(C)O1.CC1OC(C)C(C)N(CC(C)(C)C)C1C.[2H]C([2H])(N1CCCCC1)C(C)(C)C.[2H]C([2H])([2H])C1(C)CN(CC(C)(C)C)CC(C)(C([2H])([2H])[2H])O1.[2H]C([2H])([2H])C1CN(CC(C)(C)C)CC(C([2H])([2H])[2H])O1.[2H]C([2H])([2H])C1OC(C)C(C([2H])([2H])[2H])N(CC(C)(C)C)C1C.[2H]C1([2H])OC([2H])(C)C([2H])([2H])N(C([2H])([2H])C(C)(C)C)C1([2H])[2H].[2H]C1([2H])OC([2H])([2H])C([2H])([2H])N(CC(C)(C)C)C1([2H])[2H]. The van der Waals surface area contributed by atoms with Crippen LogP contribution in [0.5, 0.6) is 0 Å². The first kappa shape index (κ1) is 77.8. The van der Waals surface area contributed by atoms with Crippen molar-refractivity contribution in [2.45, 2.75) is 493 Å². The van der Waals surface area contributed by atoms with Crippen LogP contribution >= 0.6 is 0 Å². The van der Waals surface area contributed by atoms with Crippen molar-refractivity contribution < 1.29 is 88.6 Å². The van der Waals surface area contributed by atoms with Gasteiger partial charge in [-0.2, -0.15) is 0 Å². The Morgan fingerprint density at radius 3 is 0.954 bits per heavy atom. The largest absolute Gasteiger partial charge is 0.379 e. The number of ether oxygens (including phenoxy) is 8. The average molecular weight is 1900 g/mol. The third-order valence-electron chi connectivity index (χ3n) is 21.2. The third-order valence-corrected chi connectivity index (χ3v) is 21.2. The molecular weight excluding hydrogens is 1630 g/mol. The highest BCUT2D eigenvalue weighted by molar-refractivity contribution is 4.95. The molecule has 131 heavy (non-hydrogen) atoms. The Bertz CT molecular complexity index is 4410. The van der Waals surface area contributed by atoms with Crippen LogP contribution in [0.4, 0.5) is 0 Å². The van der Waals surface area contributed by atoms with Gasteiger partial charge in [0.2, 0.25) is 0 Å². The van der Waals surface area contributed by atoms with E-state index in [1.807, 2.05) is 97.8 Å². The first-order valence-electron chi connectivity index (χ1n) is 68.2. The van der Waals surface area contributed by atoms with Gasteiger partial charge >= 0.3 is 0 Å². The minimum Gasteiger partial charge on any atom is -0.379 e. The number of rotatable bonds is 10. The van der Waals surface area contributed by atoms with E-state index in [1.54, 1.807) is 39.5 Å². The van der Waals surface area contributed by atoms with Gasteiger partial charge in [-0.25, -0.2) is 0 Å². The van der Waals surface area contributed by atoms with Gasteiger partial charge in [-0.05, 0) is 251 Å². The van der Waals surface area contributed by atoms with Crippen molar-refractivity contribution in [2.24, 2.45) is 54.1 Å². The number of nitrogens with zero attached hydrogens (tertiary/aromatic N) is 10. The van der Waals surface area contributed by atoms with E-state index in [2.05, 4.69) is 181 Å². The van der Waals surface area contributed by atoms with E-state index >= 15 is 0 Å². The van der Waals surface area contributed by atoms with Crippen molar-refractivity contribution in [1.29, 1.82) is 0 Å². The minimum absolute atomic E-state index is 0.0179. The fourth-order valence-electron chi connectivity index (χ4n) is 17.7. The van der Waals surface area contributed by atoms with Gasteiger partial charge in [-0.1, -0.05) is 221 Å². The molecule has 10 aliphatic heterocycles. The molecule has 10 saturated heterocycles. The van der Waals surface area contributed by atoms with Gasteiger partial charge < -0.3 is 47.7 Å². The molecule has 10 heterocycles. The van der Waals surface area contributed by atoms with Crippen molar-refractivity contribution in [1.82, 2.24) is 49.0 Å². The monoisotopic (exact) mass is 1900 g/mol. The molecule has 0 amide bonds. The second-order valence-electron chi connectivity index (χ2n) is 52.6. The minimum atomic E-state index is -3.10. The lowest BCUT2D eigenvalue weighted by Gasteiger charge is -2.48. The molecule has 18 nitrogen and oxygen atoms in total. The van der Waals surface area contributed by atoms with Crippen LogP contribution in [-0.4, -0.2) is 340 Å². The van der Waals surface area contributed by atoms with Crippen LogP contribution in [-0.2, 0) is 37.9 Å². The maximum Gasteiger partial charge on any atom is 0.0760 e. The molecule has 10 rings (SSSR count). The number of hydrogen-bond acceptors (Lipinski definition) is 18. The lowest BCUT2D eigenvalue weighted by Crippen LogP contribution is -2.58. The molecule has 0 aromatic carbocycles. The summed E-state index contributed by atoms with van der Waals surface area (Å²) in [6.45, 7) is 68.6. The molecule has 0 bridgehead atoms. The number of hydrogen-bond donors (Lipinski definition) is 0. The van der Waals surface area contributed by atoms with E-state index in [1.165, 1.54) is 86.5 Å². The first-order chi connectivity index (χ1) is 73.3. The van der Waals surface area contributed by atoms with Gasteiger partial charge in [0.1, 0.15) is 0 Å². The smallest absolute Gasteiger partial charge is 0.0760 e. The lowest BCUT2D eigenvalue weighted by atomic mass is 9.92. The molecule has 15 atom stereocenters. The van der Waals surface area contributed by atoms with Crippen LogP contribution in [0.3, 0.4) is 0 Å². The summed E-state index contributed by atoms with van der Waals surface area (Å²) >= 11 is 0. The van der Waals surface area contributed by atoms with Gasteiger partial charge in [0.25, 0.3) is 0 Å². The van der Waals surface area contributed by atoms with E-state index in [9.17, 15) is 0 Å². The van der Waals surface area contributed by atoms with Gasteiger partial charge in [0.05, 0.1) is 107 Å². The van der Waals surface area contributed by atoms with Crippen LogP contribution in [0.25, 0.3) is 0 Å². The maximum atomic E-state index is 8.14. The van der Waals surface area contributed by atoms with Gasteiger partial charge in [0.15, 0.2) is 0 Å². The van der Waals surface area contributed by atoms with E-state index in [0.717, 1.165) is 72.1 Å². The Labute approximate surface area is 871 Å². The molecule has 10 aliphatic rings. The molecule has 0 aliphatic carbocycles. The van der Waals surface area contributed by atoms with Gasteiger partial charge in [0, 0.05) is 209 Å². The highest BCUT2D eigenvalue weighted by Crippen LogP contribution is 2.35. The molecule has 0 N–H and O–H groups in total. The van der Waals surface area contributed by atoms with Crippen molar-refractivity contribution in [3.05, 3.63) is 0 Å². The summed E-state index contributed by atoms with van der Waals surface area (Å²) in [5, 5.41) is 0. The zero-order valence-corrected chi connectivity index (χ0v) is 93.1. The number of piperidine rings is 2. The molecule has 0 saturated carbocycles. The lowest BCUT2D eigenvalue weighted by molar-refractivity contribution is -0.184. The van der Waals surface area contributed by atoms with E-state index in [4.69, 9.17) is 79.1 Å². The van der Waals surface area contributed by atoms with E-state index in [0.29, 0.717) is 82.7 Å². The van der Waals surface area contributed by atoms with Crippen LogP contribution in [0.2, 0.25) is 0 Å².